The lowest BCUT2D eigenvalue weighted by atomic mass is 10.1. The first-order valence-electron chi connectivity index (χ1n) is 4.32. The molecule has 0 aliphatic carbocycles. The second kappa shape index (κ2) is 3.49. The van der Waals surface area contributed by atoms with Gasteiger partial charge in [-0.25, -0.2) is 4.79 Å². The molecule has 3 amide bonds. The van der Waals surface area contributed by atoms with Gasteiger partial charge in [0.2, 0.25) is 0 Å². The molecule has 4 heteroatoms. The zero-order valence-electron chi connectivity index (χ0n) is 7.41. The van der Waals surface area contributed by atoms with E-state index < -0.39 is 12.1 Å². The van der Waals surface area contributed by atoms with Crippen LogP contribution in [0.25, 0.3) is 0 Å². The minimum absolute atomic E-state index is 0.261. The van der Waals surface area contributed by atoms with E-state index >= 15 is 0 Å². The molecule has 1 aliphatic heterocycles. The van der Waals surface area contributed by atoms with Crippen molar-refractivity contribution in [3.8, 4) is 0 Å². The highest BCUT2D eigenvalue weighted by atomic mass is 16.2. The Balaban J connectivity index is 2.05. The highest BCUT2D eigenvalue weighted by molar-refractivity contribution is 6.04. The molecule has 1 atom stereocenters. The van der Waals surface area contributed by atoms with Crippen molar-refractivity contribution in [2.75, 3.05) is 0 Å². The van der Waals surface area contributed by atoms with Crippen LogP contribution in [-0.2, 0) is 11.2 Å². The molecule has 1 aliphatic rings. The van der Waals surface area contributed by atoms with Crippen molar-refractivity contribution in [2.24, 2.45) is 0 Å². The lowest BCUT2D eigenvalue weighted by Crippen LogP contribution is -2.30. The van der Waals surface area contributed by atoms with Gasteiger partial charge in [-0.3, -0.25) is 10.1 Å². The maximum absolute atomic E-state index is 11.2. The summed E-state index contributed by atoms with van der Waals surface area (Å²) >= 11 is 0. The molecule has 0 spiro atoms. The van der Waals surface area contributed by atoms with Crippen molar-refractivity contribution in [1.82, 2.24) is 10.6 Å². The molecular weight excluding hydrogens is 180 g/mol. The molecule has 0 saturated carbocycles. The van der Waals surface area contributed by atoms with Crippen LogP contribution in [0.15, 0.2) is 24.3 Å². The predicted octanol–water partition coefficient (Wildman–Crippen LogP) is 0.237. The molecule has 4 nitrogen and oxygen atoms in total. The predicted molar refractivity (Wildman–Crippen MR) is 49.4 cm³/mol. The lowest BCUT2D eigenvalue weighted by Gasteiger charge is -2.05. The molecule has 1 saturated heterocycles. The van der Waals surface area contributed by atoms with Crippen molar-refractivity contribution in [3.05, 3.63) is 35.9 Å². The topological polar surface area (TPSA) is 58.2 Å². The van der Waals surface area contributed by atoms with E-state index in [2.05, 4.69) is 16.7 Å². The molecule has 0 aromatic heterocycles. The highest BCUT2D eigenvalue weighted by Gasteiger charge is 2.29. The summed E-state index contributed by atoms with van der Waals surface area (Å²) in [6, 6.07) is 9.34. The molecule has 1 heterocycles. The number of carbonyl (C=O) groups excluding carboxylic acids is 2. The number of urea groups is 1. The summed E-state index contributed by atoms with van der Waals surface area (Å²) in [4.78, 5) is 22.0. The van der Waals surface area contributed by atoms with Gasteiger partial charge in [0.05, 0.1) is 0 Å². The van der Waals surface area contributed by atoms with Gasteiger partial charge in [0.15, 0.2) is 0 Å². The van der Waals surface area contributed by atoms with Crippen LogP contribution in [0.3, 0.4) is 0 Å². The Kier molecular flexibility index (Phi) is 2.18. The fourth-order valence-corrected chi connectivity index (χ4v) is 1.40. The van der Waals surface area contributed by atoms with Gasteiger partial charge in [0.1, 0.15) is 6.04 Å². The number of benzene rings is 1. The molecule has 1 aromatic rings. The van der Waals surface area contributed by atoms with Crippen LogP contribution in [0.5, 0.6) is 0 Å². The molecular formula is C10H9N2O2. The molecule has 1 fully saturated rings. The second-order valence-corrected chi connectivity index (χ2v) is 3.13. The molecule has 2 rings (SSSR count). The molecule has 0 bridgehead atoms. The van der Waals surface area contributed by atoms with Gasteiger partial charge in [-0.15, -0.1) is 0 Å². The van der Waals surface area contributed by atoms with Crippen LogP contribution in [0.2, 0.25) is 0 Å². The molecule has 1 unspecified atom stereocenters. The third kappa shape index (κ3) is 1.74. The van der Waals surface area contributed by atoms with Crippen LogP contribution >= 0.6 is 0 Å². The monoisotopic (exact) mass is 189 g/mol. The Labute approximate surface area is 81.3 Å². The number of nitrogens with one attached hydrogen (secondary N) is 2. The van der Waals surface area contributed by atoms with E-state index in [0.29, 0.717) is 6.42 Å². The van der Waals surface area contributed by atoms with E-state index in [9.17, 15) is 9.59 Å². The first kappa shape index (κ1) is 8.74. The van der Waals surface area contributed by atoms with Crippen LogP contribution in [-0.4, -0.2) is 18.0 Å². The van der Waals surface area contributed by atoms with Gasteiger partial charge in [0.25, 0.3) is 5.91 Å². The smallest absolute Gasteiger partial charge is 0.322 e. The van der Waals surface area contributed by atoms with E-state index in [0.717, 1.165) is 5.56 Å². The molecule has 1 aromatic carbocycles. The van der Waals surface area contributed by atoms with Gasteiger partial charge in [-0.1, -0.05) is 24.3 Å². The van der Waals surface area contributed by atoms with Crippen molar-refractivity contribution in [3.63, 3.8) is 0 Å². The van der Waals surface area contributed by atoms with Gasteiger partial charge in [-0.05, 0) is 11.6 Å². The Bertz CT molecular complexity index is 362. The Hall–Kier alpha value is -1.84. The van der Waals surface area contributed by atoms with Crippen molar-refractivity contribution < 1.29 is 9.59 Å². The minimum Gasteiger partial charge on any atom is -0.326 e. The third-order valence-corrected chi connectivity index (χ3v) is 2.09. The van der Waals surface area contributed by atoms with E-state index in [1.807, 2.05) is 12.1 Å². The largest absolute Gasteiger partial charge is 0.326 e. The summed E-state index contributed by atoms with van der Waals surface area (Å²) in [5.74, 6) is -0.261. The van der Waals surface area contributed by atoms with E-state index in [-0.39, 0.29) is 5.91 Å². The minimum atomic E-state index is -0.440. The summed E-state index contributed by atoms with van der Waals surface area (Å²) < 4.78 is 0. The van der Waals surface area contributed by atoms with Crippen molar-refractivity contribution in [1.29, 1.82) is 0 Å². The fourth-order valence-electron chi connectivity index (χ4n) is 1.40. The Morgan fingerprint density at radius 2 is 2.00 bits per heavy atom. The summed E-state index contributed by atoms with van der Waals surface area (Å²) in [6.07, 6.45) is 0.520. The van der Waals surface area contributed by atoms with Crippen LogP contribution in [0, 0.1) is 6.07 Å². The number of hydrogen-bond donors (Lipinski definition) is 2. The van der Waals surface area contributed by atoms with Crippen LogP contribution in [0.1, 0.15) is 5.56 Å². The zero-order valence-corrected chi connectivity index (χ0v) is 7.41. The average molecular weight is 189 g/mol. The van der Waals surface area contributed by atoms with Gasteiger partial charge >= 0.3 is 6.03 Å². The van der Waals surface area contributed by atoms with Gasteiger partial charge < -0.3 is 5.32 Å². The Morgan fingerprint density at radius 3 is 2.57 bits per heavy atom. The number of carbonyl (C=O) groups is 2. The average Bonchev–Trinajstić information content (AvgIpc) is 2.47. The van der Waals surface area contributed by atoms with E-state index in [1.165, 1.54) is 0 Å². The van der Waals surface area contributed by atoms with Crippen LogP contribution in [0.4, 0.5) is 4.79 Å². The maximum Gasteiger partial charge on any atom is 0.322 e. The fraction of sp³-hybridized carbons (Fsp3) is 0.200. The summed E-state index contributed by atoms with van der Waals surface area (Å²) in [5.41, 5.74) is 1.01. The van der Waals surface area contributed by atoms with Gasteiger partial charge in [-0.2, -0.15) is 0 Å². The summed E-state index contributed by atoms with van der Waals surface area (Å²) in [5, 5.41) is 4.73. The quantitative estimate of drug-likeness (QED) is 0.654. The summed E-state index contributed by atoms with van der Waals surface area (Å²) in [6.45, 7) is 0. The molecule has 14 heavy (non-hydrogen) atoms. The number of amides is 3. The second-order valence-electron chi connectivity index (χ2n) is 3.13. The number of hydrogen-bond acceptors (Lipinski definition) is 2. The highest BCUT2D eigenvalue weighted by Crippen LogP contribution is 2.05. The first-order chi connectivity index (χ1) is 6.75. The number of imide groups is 1. The zero-order chi connectivity index (χ0) is 9.97. The molecule has 1 radical (unpaired) electrons. The lowest BCUT2D eigenvalue weighted by molar-refractivity contribution is -0.120. The Morgan fingerprint density at radius 1 is 1.29 bits per heavy atom. The normalized spacial score (nSPS) is 20.4. The maximum atomic E-state index is 11.2. The first-order valence-corrected chi connectivity index (χ1v) is 4.32. The van der Waals surface area contributed by atoms with Gasteiger partial charge in [0, 0.05) is 6.42 Å². The number of rotatable bonds is 2. The third-order valence-electron chi connectivity index (χ3n) is 2.09. The van der Waals surface area contributed by atoms with E-state index in [4.69, 9.17) is 0 Å². The van der Waals surface area contributed by atoms with Crippen LogP contribution < -0.4 is 10.6 Å². The van der Waals surface area contributed by atoms with E-state index in [1.54, 1.807) is 12.1 Å². The van der Waals surface area contributed by atoms with Crippen molar-refractivity contribution in [2.45, 2.75) is 12.5 Å². The molecule has 71 valence electrons. The SMILES string of the molecule is O=C1NC(=O)C(Cc2cc[c]cc2)N1. The standard InChI is InChI=1S/C10H9N2O2/c13-9-8(11-10(14)12-9)6-7-4-2-1-3-5-7/h2-5,8H,6H2,(H2,11,12,13,14). The molecule has 2 N–H and O–H groups in total. The van der Waals surface area contributed by atoms with Crippen molar-refractivity contribution >= 4 is 11.9 Å². The summed E-state index contributed by atoms with van der Waals surface area (Å²) in [7, 11) is 0.